The van der Waals surface area contributed by atoms with Gasteiger partial charge in [0.2, 0.25) is 5.91 Å². The average Bonchev–Trinajstić information content (AvgIpc) is 2.91. The number of β-lactam (4-membered cyclic amide) rings is 1. The SMILES string of the molecule is CN(C)C(=S)SCC1(C)SC2CC(=O)N2C1C(=O)OCc1ccc([N+](=O)[O-])cc1. The van der Waals surface area contributed by atoms with E-state index in [1.54, 1.807) is 28.8 Å². The van der Waals surface area contributed by atoms with Crippen LogP contribution in [0.1, 0.15) is 18.9 Å². The third-order valence-electron chi connectivity index (χ3n) is 4.81. The molecule has 0 bridgehead atoms. The topological polar surface area (TPSA) is 93.0 Å². The number of hydrogen-bond donors (Lipinski definition) is 0. The molecule has 8 nitrogen and oxygen atoms in total. The second kappa shape index (κ2) is 8.49. The first-order chi connectivity index (χ1) is 13.6. The van der Waals surface area contributed by atoms with Crippen LogP contribution in [-0.4, -0.2) is 66.9 Å². The van der Waals surface area contributed by atoms with Crippen LogP contribution < -0.4 is 0 Å². The summed E-state index contributed by atoms with van der Waals surface area (Å²) in [5, 5.41) is 10.7. The molecule has 0 spiro atoms. The molecule has 0 saturated carbocycles. The minimum absolute atomic E-state index is 0.00990. The van der Waals surface area contributed by atoms with E-state index in [2.05, 4.69) is 0 Å². The summed E-state index contributed by atoms with van der Waals surface area (Å²) in [7, 11) is 3.73. The highest BCUT2D eigenvalue weighted by Gasteiger charge is 2.61. The van der Waals surface area contributed by atoms with Crippen LogP contribution >= 0.6 is 35.7 Å². The first-order valence-corrected chi connectivity index (χ1v) is 11.1. The van der Waals surface area contributed by atoms with Crippen LogP contribution in [0, 0.1) is 10.1 Å². The largest absolute Gasteiger partial charge is 0.459 e. The molecule has 0 aromatic heterocycles. The van der Waals surface area contributed by atoms with E-state index in [0.29, 0.717) is 22.1 Å². The van der Waals surface area contributed by atoms with Crippen LogP contribution in [-0.2, 0) is 20.9 Å². The van der Waals surface area contributed by atoms with Gasteiger partial charge in [-0.3, -0.25) is 14.9 Å². The molecule has 29 heavy (non-hydrogen) atoms. The van der Waals surface area contributed by atoms with Gasteiger partial charge < -0.3 is 14.5 Å². The molecule has 1 amide bonds. The van der Waals surface area contributed by atoms with Gasteiger partial charge in [0.05, 0.1) is 21.5 Å². The Labute approximate surface area is 182 Å². The molecule has 2 aliphatic rings. The van der Waals surface area contributed by atoms with Crippen LogP contribution in [0.4, 0.5) is 5.69 Å². The standard InChI is InChI=1S/C18H21N3O5S3/c1-18(10-28-17(27)19(2)3)15(20-13(22)8-14(20)29-18)16(23)26-9-11-4-6-12(7-5-11)21(24)25/h4-7,14-15H,8-10H2,1-3H3. The van der Waals surface area contributed by atoms with Gasteiger partial charge >= 0.3 is 5.97 Å². The molecule has 3 atom stereocenters. The summed E-state index contributed by atoms with van der Waals surface area (Å²) in [6.45, 7) is 1.95. The Bertz CT molecular complexity index is 848. The van der Waals surface area contributed by atoms with Crippen LogP contribution in [0.5, 0.6) is 0 Å². The van der Waals surface area contributed by atoms with Gasteiger partial charge in [-0.15, -0.1) is 11.8 Å². The summed E-state index contributed by atoms with van der Waals surface area (Å²) in [4.78, 5) is 38.8. The molecule has 2 heterocycles. The number of hydrogen-bond acceptors (Lipinski definition) is 8. The Kier molecular flexibility index (Phi) is 6.39. The minimum Gasteiger partial charge on any atom is -0.459 e. The summed E-state index contributed by atoms with van der Waals surface area (Å²) in [5.74, 6) is 0.0562. The third-order valence-corrected chi connectivity index (χ3v) is 8.64. The Balaban J connectivity index is 1.69. The first kappa shape index (κ1) is 21.8. The lowest BCUT2D eigenvalue weighted by Gasteiger charge is -2.37. The number of thiocarbonyl (C=S) groups is 1. The maximum absolute atomic E-state index is 12.9. The molecule has 11 heteroatoms. The van der Waals surface area contributed by atoms with Gasteiger partial charge in [0.25, 0.3) is 5.69 Å². The minimum atomic E-state index is -0.686. The third kappa shape index (κ3) is 4.51. The average molecular weight is 456 g/mol. The summed E-state index contributed by atoms with van der Waals surface area (Å²) >= 11 is 8.44. The second-order valence-electron chi connectivity index (χ2n) is 7.27. The van der Waals surface area contributed by atoms with Crippen molar-refractivity contribution >= 4 is 57.6 Å². The lowest BCUT2D eigenvalue weighted by Crippen LogP contribution is -2.58. The van der Waals surface area contributed by atoms with E-state index in [1.165, 1.54) is 23.9 Å². The van der Waals surface area contributed by atoms with Crippen molar-refractivity contribution in [2.24, 2.45) is 0 Å². The number of non-ortho nitro benzene ring substituents is 1. The number of fused-ring (bicyclic) bond motifs is 1. The van der Waals surface area contributed by atoms with Crippen LogP contribution in [0.3, 0.4) is 0 Å². The van der Waals surface area contributed by atoms with Crippen molar-refractivity contribution in [3.05, 3.63) is 39.9 Å². The molecule has 3 unspecified atom stereocenters. The maximum atomic E-state index is 12.9. The number of esters is 1. The number of amides is 1. The number of carbonyl (C=O) groups is 2. The number of ether oxygens (including phenoxy) is 1. The number of carbonyl (C=O) groups excluding carboxylic acids is 2. The van der Waals surface area contributed by atoms with Gasteiger partial charge in [0.15, 0.2) is 0 Å². The summed E-state index contributed by atoms with van der Waals surface area (Å²) in [6.07, 6.45) is 0.426. The van der Waals surface area contributed by atoms with Gasteiger partial charge in [-0.1, -0.05) is 24.0 Å². The number of nitro groups is 1. The lowest BCUT2D eigenvalue weighted by molar-refractivity contribution is -0.384. The van der Waals surface area contributed by atoms with E-state index in [1.807, 2.05) is 25.9 Å². The Morgan fingerprint density at radius 3 is 2.66 bits per heavy atom. The van der Waals surface area contributed by atoms with Crippen LogP contribution in [0.25, 0.3) is 0 Å². The second-order valence-corrected chi connectivity index (χ2v) is 10.6. The molecule has 0 aliphatic carbocycles. The molecule has 2 saturated heterocycles. The van der Waals surface area contributed by atoms with E-state index in [0.717, 1.165) is 0 Å². The summed E-state index contributed by atoms with van der Waals surface area (Å²) in [6, 6.07) is 5.15. The van der Waals surface area contributed by atoms with Crippen molar-refractivity contribution in [2.75, 3.05) is 19.8 Å². The highest BCUT2D eigenvalue weighted by atomic mass is 32.2. The molecule has 2 fully saturated rings. The fourth-order valence-corrected chi connectivity index (χ4v) is 6.23. The fraction of sp³-hybridized carbons (Fsp3) is 0.500. The van der Waals surface area contributed by atoms with Crippen molar-refractivity contribution in [1.29, 1.82) is 0 Å². The summed E-state index contributed by atoms with van der Waals surface area (Å²) < 4.78 is 5.69. The van der Waals surface area contributed by atoms with Crippen molar-refractivity contribution in [3.8, 4) is 0 Å². The molecular weight excluding hydrogens is 434 g/mol. The highest BCUT2D eigenvalue weighted by molar-refractivity contribution is 8.23. The molecule has 3 rings (SSSR count). The predicted octanol–water partition coefficient (Wildman–Crippen LogP) is 2.65. The number of nitro benzene ring substituents is 1. The smallest absolute Gasteiger partial charge is 0.330 e. The summed E-state index contributed by atoms with van der Waals surface area (Å²) in [5.41, 5.74) is 0.619. The zero-order valence-corrected chi connectivity index (χ0v) is 18.6. The van der Waals surface area contributed by atoms with Gasteiger partial charge in [-0.25, -0.2) is 4.79 Å². The number of benzene rings is 1. The van der Waals surface area contributed by atoms with E-state index in [9.17, 15) is 19.7 Å². The Morgan fingerprint density at radius 2 is 2.10 bits per heavy atom. The van der Waals surface area contributed by atoms with Crippen molar-refractivity contribution in [2.45, 2.75) is 36.1 Å². The number of thioether (sulfide) groups is 2. The molecule has 156 valence electrons. The zero-order valence-electron chi connectivity index (χ0n) is 16.2. The van der Waals surface area contributed by atoms with Crippen molar-refractivity contribution < 1.29 is 19.2 Å². The van der Waals surface area contributed by atoms with Gasteiger partial charge in [0.1, 0.15) is 17.0 Å². The van der Waals surface area contributed by atoms with Crippen LogP contribution in [0.2, 0.25) is 0 Å². The highest BCUT2D eigenvalue weighted by Crippen LogP contribution is 2.52. The molecule has 1 aromatic rings. The molecule has 2 aliphatic heterocycles. The van der Waals surface area contributed by atoms with Gasteiger partial charge in [0, 0.05) is 32.0 Å². The van der Waals surface area contributed by atoms with E-state index >= 15 is 0 Å². The van der Waals surface area contributed by atoms with E-state index in [-0.39, 0.29) is 23.6 Å². The zero-order chi connectivity index (χ0) is 21.3. The monoisotopic (exact) mass is 455 g/mol. The lowest BCUT2D eigenvalue weighted by atomic mass is 9.98. The van der Waals surface area contributed by atoms with E-state index < -0.39 is 21.7 Å². The van der Waals surface area contributed by atoms with Gasteiger partial charge in [-0.2, -0.15) is 0 Å². The van der Waals surface area contributed by atoms with Crippen molar-refractivity contribution in [1.82, 2.24) is 9.80 Å². The van der Waals surface area contributed by atoms with Crippen LogP contribution in [0.15, 0.2) is 24.3 Å². The van der Waals surface area contributed by atoms with Crippen molar-refractivity contribution in [3.63, 3.8) is 0 Å². The fourth-order valence-electron chi connectivity index (χ4n) is 3.24. The molecule has 0 radical (unpaired) electrons. The maximum Gasteiger partial charge on any atom is 0.330 e. The van der Waals surface area contributed by atoms with Gasteiger partial charge in [-0.05, 0) is 24.6 Å². The molecular formula is C18H21N3O5S3. The normalized spacial score (nSPS) is 25.2. The number of nitrogens with zero attached hydrogens (tertiary/aromatic N) is 3. The molecule has 0 N–H and O–H groups in total. The van der Waals surface area contributed by atoms with E-state index in [4.69, 9.17) is 17.0 Å². The molecule has 1 aromatic carbocycles. The number of rotatable bonds is 6. The first-order valence-electron chi connectivity index (χ1n) is 8.85. The Morgan fingerprint density at radius 1 is 1.45 bits per heavy atom. The Hall–Kier alpha value is -1.85. The quantitative estimate of drug-likeness (QED) is 0.211. The predicted molar refractivity (Wildman–Crippen MR) is 117 cm³/mol.